The molecule has 26 heavy (non-hydrogen) atoms. The minimum atomic E-state index is -3.57. The third kappa shape index (κ3) is 5.47. The van der Waals surface area contributed by atoms with Gasteiger partial charge in [0.05, 0.1) is 11.9 Å². The van der Waals surface area contributed by atoms with E-state index in [1.54, 1.807) is 13.0 Å². The van der Waals surface area contributed by atoms with Crippen molar-refractivity contribution in [2.75, 3.05) is 10.6 Å². The summed E-state index contributed by atoms with van der Waals surface area (Å²) in [5.74, 6) is -0.223. The van der Waals surface area contributed by atoms with Crippen LogP contribution >= 0.6 is 0 Å². The van der Waals surface area contributed by atoms with E-state index in [1.165, 1.54) is 23.6 Å². The summed E-state index contributed by atoms with van der Waals surface area (Å²) in [7, 11) is -3.57. The van der Waals surface area contributed by atoms with Gasteiger partial charge in [0.15, 0.2) is 0 Å². The summed E-state index contributed by atoms with van der Waals surface area (Å²) in [4.78, 5) is 12.8. The average Bonchev–Trinajstić information content (AvgIpc) is 2.52. The summed E-state index contributed by atoms with van der Waals surface area (Å²) in [6, 6.07) is 4.85. The van der Waals surface area contributed by atoms with Crippen LogP contribution in [0, 0.1) is 13.8 Å². The molecule has 0 spiro atoms. The first-order valence-corrected chi connectivity index (χ1v) is 11.4. The van der Waals surface area contributed by atoms with Crippen molar-refractivity contribution in [1.82, 2.24) is 5.32 Å². The summed E-state index contributed by atoms with van der Waals surface area (Å²) in [5.41, 5.74) is 2.63. The number of benzene rings is 1. The number of hydrogen-bond acceptors (Lipinski definition) is 3. The number of nitrogens with one attached hydrogen (secondary N) is 1. The zero-order chi connectivity index (χ0) is 19.3. The molecule has 0 saturated heterocycles. The number of anilines is 1. The van der Waals surface area contributed by atoms with E-state index in [2.05, 4.69) is 5.32 Å². The SMILES string of the molecule is Cc1ccc(N([C@@H](C)C(=O)NC2CCCCCCC2)S(C)(=O)=O)cc1C. The van der Waals surface area contributed by atoms with Gasteiger partial charge in [0.1, 0.15) is 6.04 Å². The number of amides is 1. The smallest absolute Gasteiger partial charge is 0.243 e. The summed E-state index contributed by atoms with van der Waals surface area (Å²) in [6.07, 6.45) is 9.02. The molecule has 1 saturated carbocycles. The number of hydrogen-bond donors (Lipinski definition) is 1. The molecule has 0 heterocycles. The zero-order valence-electron chi connectivity index (χ0n) is 16.4. The summed E-state index contributed by atoms with van der Waals surface area (Å²) in [5, 5.41) is 3.09. The highest BCUT2D eigenvalue weighted by molar-refractivity contribution is 7.92. The van der Waals surface area contributed by atoms with Crippen molar-refractivity contribution in [3.05, 3.63) is 29.3 Å². The highest BCUT2D eigenvalue weighted by Gasteiger charge is 2.30. The molecule has 6 heteroatoms. The second-order valence-electron chi connectivity index (χ2n) is 7.55. The first kappa shape index (κ1) is 20.7. The number of sulfonamides is 1. The van der Waals surface area contributed by atoms with Crippen molar-refractivity contribution in [2.24, 2.45) is 0 Å². The van der Waals surface area contributed by atoms with Crippen LogP contribution in [-0.4, -0.2) is 32.7 Å². The molecule has 2 rings (SSSR count). The van der Waals surface area contributed by atoms with Gasteiger partial charge >= 0.3 is 0 Å². The van der Waals surface area contributed by atoms with Gasteiger partial charge in [0.2, 0.25) is 15.9 Å². The van der Waals surface area contributed by atoms with Crippen molar-refractivity contribution in [2.45, 2.75) is 77.8 Å². The van der Waals surface area contributed by atoms with Crippen LogP contribution in [0.3, 0.4) is 0 Å². The largest absolute Gasteiger partial charge is 0.352 e. The Morgan fingerprint density at radius 1 is 1.08 bits per heavy atom. The van der Waals surface area contributed by atoms with Crippen molar-refractivity contribution in [3.8, 4) is 0 Å². The maximum absolute atomic E-state index is 12.8. The van der Waals surface area contributed by atoms with Gasteiger partial charge in [-0.3, -0.25) is 9.10 Å². The van der Waals surface area contributed by atoms with Gasteiger partial charge in [-0.15, -0.1) is 0 Å². The van der Waals surface area contributed by atoms with Gasteiger partial charge in [-0.25, -0.2) is 8.42 Å². The van der Waals surface area contributed by atoms with E-state index in [-0.39, 0.29) is 11.9 Å². The average molecular weight is 381 g/mol. The maximum Gasteiger partial charge on any atom is 0.243 e. The van der Waals surface area contributed by atoms with Gasteiger partial charge in [-0.2, -0.15) is 0 Å². The van der Waals surface area contributed by atoms with Gasteiger partial charge in [-0.1, -0.05) is 38.2 Å². The van der Waals surface area contributed by atoms with Crippen LogP contribution in [-0.2, 0) is 14.8 Å². The summed E-state index contributed by atoms with van der Waals surface area (Å²) >= 11 is 0. The van der Waals surface area contributed by atoms with Crippen LogP contribution < -0.4 is 9.62 Å². The molecular formula is C20H32N2O3S. The van der Waals surface area contributed by atoms with E-state index in [0.717, 1.165) is 43.1 Å². The van der Waals surface area contributed by atoms with Crippen LogP contribution in [0.1, 0.15) is 63.0 Å². The monoisotopic (exact) mass is 380 g/mol. The molecular weight excluding hydrogens is 348 g/mol. The molecule has 1 aliphatic carbocycles. The van der Waals surface area contributed by atoms with Crippen molar-refractivity contribution in [3.63, 3.8) is 0 Å². The molecule has 1 N–H and O–H groups in total. The van der Waals surface area contributed by atoms with Gasteiger partial charge in [-0.05, 0) is 56.9 Å². The predicted molar refractivity (Wildman–Crippen MR) is 107 cm³/mol. The normalized spacial score (nSPS) is 17.8. The van der Waals surface area contributed by atoms with E-state index < -0.39 is 16.1 Å². The third-order valence-electron chi connectivity index (χ3n) is 5.29. The molecule has 1 amide bonds. The third-order valence-corrected chi connectivity index (χ3v) is 6.53. The predicted octanol–water partition coefficient (Wildman–Crippen LogP) is 3.69. The molecule has 0 aromatic heterocycles. The minimum absolute atomic E-state index is 0.145. The van der Waals surface area contributed by atoms with E-state index >= 15 is 0 Å². The zero-order valence-corrected chi connectivity index (χ0v) is 17.2. The highest BCUT2D eigenvalue weighted by atomic mass is 32.2. The molecule has 0 unspecified atom stereocenters. The molecule has 146 valence electrons. The van der Waals surface area contributed by atoms with Crippen molar-refractivity contribution in [1.29, 1.82) is 0 Å². The Bertz CT molecular complexity index is 723. The Labute approximate surface area is 158 Å². The lowest BCUT2D eigenvalue weighted by Crippen LogP contribution is -2.50. The number of carbonyl (C=O) groups excluding carboxylic acids is 1. The quantitative estimate of drug-likeness (QED) is 0.847. The molecule has 1 aliphatic rings. The Morgan fingerprint density at radius 2 is 1.65 bits per heavy atom. The Balaban J connectivity index is 2.18. The molecule has 0 bridgehead atoms. The molecule has 1 aromatic carbocycles. The van der Waals surface area contributed by atoms with Crippen LogP contribution in [0.4, 0.5) is 5.69 Å². The number of aryl methyl sites for hydroxylation is 2. The van der Waals surface area contributed by atoms with Gasteiger partial charge < -0.3 is 5.32 Å². The van der Waals surface area contributed by atoms with Crippen LogP contribution in [0.2, 0.25) is 0 Å². The van der Waals surface area contributed by atoms with Gasteiger partial charge in [0, 0.05) is 6.04 Å². The molecule has 1 aromatic rings. The van der Waals surface area contributed by atoms with E-state index in [9.17, 15) is 13.2 Å². The Hall–Kier alpha value is -1.56. The maximum atomic E-state index is 12.8. The highest BCUT2D eigenvalue weighted by Crippen LogP contribution is 2.24. The standard InChI is InChI=1S/C20H32N2O3S/c1-15-12-13-19(14-16(15)2)22(26(4,24)25)17(3)20(23)21-18-10-8-6-5-7-9-11-18/h12-14,17-18H,5-11H2,1-4H3,(H,21,23)/t17-/m0/s1. The van der Waals surface area contributed by atoms with Gasteiger partial charge in [0.25, 0.3) is 0 Å². The molecule has 0 radical (unpaired) electrons. The van der Waals surface area contributed by atoms with E-state index in [0.29, 0.717) is 5.69 Å². The lowest BCUT2D eigenvalue weighted by molar-refractivity contribution is -0.122. The fourth-order valence-electron chi connectivity index (χ4n) is 3.59. The fraction of sp³-hybridized carbons (Fsp3) is 0.650. The lowest BCUT2D eigenvalue weighted by Gasteiger charge is -2.30. The van der Waals surface area contributed by atoms with Crippen LogP contribution in [0.25, 0.3) is 0 Å². The van der Waals surface area contributed by atoms with Crippen LogP contribution in [0.15, 0.2) is 18.2 Å². The Morgan fingerprint density at radius 3 is 2.19 bits per heavy atom. The first-order chi connectivity index (χ1) is 12.2. The number of carbonyl (C=O) groups is 1. The lowest BCUT2D eigenvalue weighted by atomic mass is 9.96. The van der Waals surface area contributed by atoms with Crippen LogP contribution in [0.5, 0.6) is 0 Å². The first-order valence-electron chi connectivity index (χ1n) is 9.57. The molecule has 1 fully saturated rings. The Kier molecular flexibility index (Phi) is 7.09. The second-order valence-corrected chi connectivity index (χ2v) is 9.41. The molecule has 1 atom stereocenters. The topological polar surface area (TPSA) is 66.5 Å². The summed E-state index contributed by atoms with van der Waals surface area (Å²) in [6.45, 7) is 5.59. The minimum Gasteiger partial charge on any atom is -0.352 e. The van der Waals surface area contributed by atoms with E-state index in [1.807, 2.05) is 26.0 Å². The fourth-order valence-corrected chi connectivity index (χ4v) is 4.76. The van der Waals surface area contributed by atoms with E-state index in [4.69, 9.17) is 0 Å². The molecule has 5 nitrogen and oxygen atoms in total. The van der Waals surface area contributed by atoms with Crippen molar-refractivity contribution >= 4 is 21.6 Å². The molecule has 0 aliphatic heterocycles. The number of nitrogens with zero attached hydrogens (tertiary/aromatic N) is 1. The second kappa shape index (κ2) is 8.89. The summed E-state index contributed by atoms with van der Waals surface area (Å²) < 4.78 is 26.1. The number of rotatable bonds is 5. The van der Waals surface area contributed by atoms with Crippen molar-refractivity contribution < 1.29 is 13.2 Å².